The summed E-state index contributed by atoms with van der Waals surface area (Å²) in [5, 5.41) is 16.0. The number of rotatable bonds is 4. The molecule has 148 valence electrons. The number of nitrogens with zero attached hydrogens (tertiary/aromatic N) is 6. The number of hydrogen-bond donors (Lipinski definition) is 0. The van der Waals surface area contributed by atoms with Crippen LogP contribution in [-0.4, -0.2) is 44.2 Å². The molecule has 1 aromatic carbocycles. The van der Waals surface area contributed by atoms with Crippen LogP contribution in [0, 0.1) is 0 Å². The molecule has 4 rings (SSSR count). The number of alkyl halides is 3. The zero-order valence-electron chi connectivity index (χ0n) is 15.2. The predicted octanol–water partition coefficient (Wildman–Crippen LogP) is 3.31. The van der Waals surface area contributed by atoms with Crippen LogP contribution >= 0.6 is 0 Å². The molecular formula is C18H13F3N6O2. The summed E-state index contributed by atoms with van der Waals surface area (Å²) in [7, 11) is 2.90. The standard InChI is InChI=1S/C18H13F3N6O2/c1-28-15-7-4-11(23-25-15)17-22-12-9-10(18(19,20)21)3-5-13(12)27(17)14-6-8-16(29-2)26-24-14/h3-9H,1-2H3. The lowest BCUT2D eigenvalue weighted by Gasteiger charge is -2.09. The second kappa shape index (κ2) is 7.00. The molecule has 0 bridgehead atoms. The Bertz CT molecular complexity index is 1160. The molecule has 11 heteroatoms. The summed E-state index contributed by atoms with van der Waals surface area (Å²) in [6.07, 6.45) is -4.49. The van der Waals surface area contributed by atoms with Gasteiger partial charge in [-0.2, -0.15) is 13.2 Å². The van der Waals surface area contributed by atoms with Gasteiger partial charge < -0.3 is 9.47 Å². The van der Waals surface area contributed by atoms with E-state index < -0.39 is 11.7 Å². The third-order valence-corrected chi connectivity index (χ3v) is 4.12. The average molecular weight is 402 g/mol. The highest BCUT2D eigenvalue weighted by molar-refractivity contribution is 5.83. The van der Waals surface area contributed by atoms with Crippen LogP contribution in [0.4, 0.5) is 13.2 Å². The molecule has 0 amide bonds. The van der Waals surface area contributed by atoms with Gasteiger partial charge >= 0.3 is 6.18 Å². The van der Waals surface area contributed by atoms with Gasteiger partial charge in [-0.25, -0.2) is 4.98 Å². The first kappa shape index (κ1) is 18.6. The Morgan fingerprint density at radius 1 is 0.828 bits per heavy atom. The zero-order chi connectivity index (χ0) is 20.6. The van der Waals surface area contributed by atoms with Crippen molar-refractivity contribution in [3.63, 3.8) is 0 Å². The smallest absolute Gasteiger partial charge is 0.416 e. The van der Waals surface area contributed by atoms with E-state index >= 15 is 0 Å². The number of imidazole rings is 1. The van der Waals surface area contributed by atoms with E-state index in [-0.39, 0.29) is 11.3 Å². The molecular weight excluding hydrogens is 389 g/mol. The zero-order valence-corrected chi connectivity index (χ0v) is 15.2. The number of aromatic nitrogens is 6. The SMILES string of the molecule is COc1ccc(-c2nc3cc(C(F)(F)F)ccc3n2-c2ccc(OC)nn2)nn1. The maximum atomic E-state index is 13.1. The molecule has 0 atom stereocenters. The van der Waals surface area contributed by atoms with Crippen molar-refractivity contribution in [2.24, 2.45) is 0 Å². The lowest BCUT2D eigenvalue weighted by molar-refractivity contribution is -0.137. The minimum absolute atomic E-state index is 0.130. The Morgan fingerprint density at radius 2 is 1.52 bits per heavy atom. The fourth-order valence-corrected chi connectivity index (χ4v) is 2.75. The van der Waals surface area contributed by atoms with Crippen molar-refractivity contribution >= 4 is 11.0 Å². The Hall–Kier alpha value is -3.76. The Kier molecular flexibility index (Phi) is 4.49. The number of ether oxygens (including phenoxy) is 2. The van der Waals surface area contributed by atoms with Crippen molar-refractivity contribution in [2.75, 3.05) is 14.2 Å². The van der Waals surface area contributed by atoms with Crippen LogP contribution < -0.4 is 9.47 Å². The predicted molar refractivity (Wildman–Crippen MR) is 95.8 cm³/mol. The van der Waals surface area contributed by atoms with E-state index in [4.69, 9.17) is 9.47 Å². The highest BCUT2D eigenvalue weighted by Gasteiger charge is 2.31. The third kappa shape index (κ3) is 3.42. The molecule has 0 unspecified atom stereocenters. The maximum absolute atomic E-state index is 13.1. The largest absolute Gasteiger partial charge is 0.480 e. The number of halogens is 3. The molecule has 0 spiro atoms. The molecule has 0 aliphatic rings. The van der Waals surface area contributed by atoms with Crippen LogP contribution in [-0.2, 0) is 6.18 Å². The summed E-state index contributed by atoms with van der Waals surface area (Å²) < 4.78 is 50.9. The van der Waals surface area contributed by atoms with Gasteiger partial charge in [0.1, 0.15) is 5.69 Å². The summed E-state index contributed by atoms with van der Waals surface area (Å²) >= 11 is 0. The molecule has 0 fully saturated rings. The lowest BCUT2D eigenvalue weighted by atomic mass is 10.2. The molecule has 0 saturated carbocycles. The summed E-state index contributed by atoms with van der Waals surface area (Å²) in [4.78, 5) is 4.35. The fraction of sp³-hybridized carbons (Fsp3) is 0.167. The molecule has 4 aromatic rings. The molecule has 0 aliphatic heterocycles. The van der Waals surface area contributed by atoms with Crippen molar-refractivity contribution in [2.45, 2.75) is 6.18 Å². The quantitative estimate of drug-likeness (QED) is 0.517. The topological polar surface area (TPSA) is 87.8 Å². The summed E-state index contributed by atoms with van der Waals surface area (Å²) in [5.41, 5.74) is 0.0613. The number of methoxy groups -OCH3 is 2. The molecule has 29 heavy (non-hydrogen) atoms. The molecule has 0 saturated heterocycles. The Morgan fingerprint density at radius 3 is 2.07 bits per heavy atom. The van der Waals surface area contributed by atoms with Gasteiger partial charge in [-0.15, -0.1) is 20.4 Å². The molecule has 3 heterocycles. The first-order valence-electron chi connectivity index (χ1n) is 8.26. The van der Waals surface area contributed by atoms with Gasteiger partial charge in [0, 0.05) is 12.1 Å². The van der Waals surface area contributed by atoms with Gasteiger partial charge in [0.25, 0.3) is 0 Å². The van der Waals surface area contributed by atoms with E-state index in [1.165, 1.54) is 20.3 Å². The molecule has 0 radical (unpaired) electrons. The summed E-state index contributed by atoms with van der Waals surface area (Å²) in [6.45, 7) is 0. The van der Waals surface area contributed by atoms with Gasteiger partial charge in [0.05, 0.1) is 30.8 Å². The van der Waals surface area contributed by atoms with Gasteiger partial charge in [-0.05, 0) is 30.3 Å². The molecule has 8 nitrogen and oxygen atoms in total. The number of hydrogen-bond acceptors (Lipinski definition) is 7. The minimum Gasteiger partial charge on any atom is -0.480 e. The second-order valence-corrected chi connectivity index (χ2v) is 5.87. The van der Waals surface area contributed by atoms with Crippen LogP contribution in [0.25, 0.3) is 28.4 Å². The van der Waals surface area contributed by atoms with E-state index in [0.29, 0.717) is 28.8 Å². The maximum Gasteiger partial charge on any atom is 0.416 e. The van der Waals surface area contributed by atoms with Crippen molar-refractivity contribution in [3.8, 4) is 29.1 Å². The molecule has 0 N–H and O–H groups in total. The van der Waals surface area contributed by atoms with Gasteiger partial charge in [0.2, 0.25) is 11.8 Å². The van der Waals surface area contributed by atoms with Crippen LogP contribution in [0.2, 0.25) is 0 Å². The molecule has 0 aliphatic carbocycles. The van der Waals surface area contributed by atoms with Crippen molar-refractivity contribution < 1.29 is 22.6 Å². The van der Waals surface area contributed by atoms with E-state index in [2.05, 4.69) is 25.4 Å². The van der Waals surface area contributed by atoms with Gasteiger partial charge in [-0.1, -0.05) is 0 Å². The van der Waals surface area contributed by atoms with Crippen molar-refractivity contribution in [1.29, 1.82) is 0 Å². The van der Waals surface area contributed by atoms with E-state index in [1.807, 2.05) is 0 Å². The van der Waals surface area contributed by atoms with Crippen molar-refractivity contribution in [3.05, 3.63) is 48.0 Å². The number of benzene rings is 1. The first-order chi connectivity index (χ1) is 13.9. The number of fused-ring (bicyclic) bond motifs is 1. The second-order valence-electron chi connectivity index (χ2n) is 5.87. The normalized spacial score (nSPS) is 11.6. The third-order valence-electron chi connectivity index (χ3n) is 4.12. The lowest BCUT2D eigenvalue weighted by Crippen LogP contribution is -2.05. The van der Waals surface area contributed by atoms with Crippen LogP contribution in [0.5, 0.6) is 11.8 Å². The van der Waals surface area contributed by atoms with Gasteiger partial charge in [0.15, 0.2) is 11.6 Å². The minimum atomic E-state index is -4.49. The monoisotopic (exact) mass is 402 g/mol. The summed E-state index contributed by atoms with van der Waals surface area (Å²) in [5.74, 6) is 1.18. The Labute approximate surface area is 162 Å². The van der Waals surface area contributed by atoms with Crippen LogP contribution in [0.1, 0.15) is 5.56 Å². The van der Waals surface area contributed by atoms with Gasteiger partial charge in [-0.3, -0.25) is 4.57 Å². The fourth-order valence-electron chi connectivity index (χ4n) is 2.75. The molecule has 3 aromatic heterocycles. The van der Waals surface area contributed by atoms with E-state index in [1.54, 1.807) is 28.8 Å². The first-order valence-corrected chi connectivity index (χ1v) is 8.26. The van der Waals surface area contributed by atoms with Crippen LogP contribution in [0.15, 0.2) is 42.5 Å². The van der Waals surface area contributed by atoms with Crippen molar-refractivity contribution in [1.82, 2.24) is 29.9 Å². The van der Waals surface area contributed by atoms with Crippen LogP contribution in [0.3, 0.4) is 0 Å². The Balaban J connectivity index is 1.95. The highest BCUT2D eigenvalue weighted by atomic mass is 19.4. The van der Waals surface area contributed by atoms with E-state index in [9.17, 15) is 13.2 Å². The van der Waals surface area contributed by atoms with E-state index in [0.717, 1.165) is 12.1 Å². The average Bonchev–Trinajstić information content (AvgIpc) is 3.12. The summed E-state index contributed by atoms with van der Waals surface area (Å²) in [6, 6.07) is 9.67. The highest BCUT2D eigenvalue weighted by Crippen LogP contribution is 2.33.